The number of hydrogen-bond acceptors (Lipinski definition) is 4. The van der Waals surface area contributed by atoms with Crippen molar-refractivity contribution >= 4 is 35.0 Å². The Morgan fingerprint density at radius 3 is 2.09 bits per heavy atom. The van der Waals surface area contributed by atoms with E-state index in [1.807, 2.05) is 0 Å². The molecule has 0 saturated heterocycles. The van der Waals surface area contributed by atoms with Crippen LogP contribution in [0, 0.1) is 11.3 Å². The molecule has 194 valence electrons. The van der Waals surface area contributed by atoms with Gasteiger partial charge in [0.25, 0.3) is 5.91 Å². The minimum absolute atomic E-state index is 0.289. The second-order valence-corrected chi connectivity index (χ2v) is 9.25. The fourth-order valence-corrected chi connectivity index (χ4v) is 3.26. The predicted octanol–water partition coefficient (Wildman–Crippen LogP) is 2.48. The van der Waals surface area contributed by atoms with E-state index in [1.54, 1.807) is 45.0 Å². The van der Waals surface area contributed by atoms with Gasteiger partial charge in [0.15, 0.2) is 0 Å². The Morgan fingerprint density at radius 2 is 1.57 bits per heavy atom. The summed E-state index contributed by atoms with van der Waals surface area (Å²) in [5.41, 5.74) is -0.0444. The highest BCUT2D eigenvalue weighted by molar-refractivity contribution is 6.09. The Morgan fingerprint density at radius 1 is 1.03 bits per heavy atom. The number of halogens is 5. The summed E-state index contributed by atoms with van der Waals surface area (Å²) >= 11 is 0. The molecule has 8 nitrogen and oxygen atoms in total. The topological polar surface area (TPSA) is 98.8 Å². The average Bonchev–Trinajstić information content (AvgIpc) is 2.85. The third-order valence-electron chi connectivity index (χ3n) is 5.42. The number of para-hydroxylation sites is 2. The molecule has 4 amide bonds. The Hall–Kier alpha value is -3.25. The molecule has 0 aromatic heterocycles. The van der Waals surface area contributed by atoms with Crippen molar-refractivity contribution in [2.24, 2.45) is 11.3 Å². The molecule has 0 saturated carbocycles. The van der Waals surface area contributed by atoms with Crippen LogP contribution in [0.1, 0.15) is 27.7 Å². The van der Waals surface area contributed by atoms with Gasteiger partial charge >= 0.3 is 12.1 Å². The van der Waals surface area contributed by atoms with E-state index in [1.165, 1.54) is 22.2 Å². The van der Waals surface area contributed by atoms with Crippen LogP contribution >= 0.6 is 0 Å². The number of carbonyl (C=O) groups is 4. The van der Waals surface area contributed by atoms with Crippen molar-refractivity contribution in [3.05, 3.63) is 24.3 Å². The third kappa shape index (κ3) is 6.06. The maximum absolute atomic E-state index is 13.1. The number of benzene rings is 1. The normalized spacial score (nSPS) is 17.9. The van der Waals surface area contributed by atoms with E-state index < -0.39 is 53.7 Å². The molecule has 1 aromatic rings. The largest absolute Gasteiger partial charge is 0.455 e. The van der Waals surface area contributed by atoms with Gasteiger partial charge in [-0.2, -0.15) is 22.0 Å². The summed E-state index contributed by atoms with van der Waals surface area (Å²) in [6, 6.07) is 5.24. The van der Waals surface area contributed by atoms with Gasteiger partial charge in [-0.05, 0) is 19.1 Å². The van der Waals surface area contributed by atoms with Gasteiger partial charge in [-0.15, -0.1) is 0 Å². The first kappa shape index (κ1) is 28.0. The first-order chi connectivity index (χ1) is 15.9. The maximum atomic E-state index is 13.1. The van der Waals surface area contributed by atoms with Crippen LogP contribution in [0.4, 0.5) is 33.3 Å². The van der Waals surface area contributed by atoms with Crippen molar-refractivity contribution in [2.75, 3.05) is 29.9 Å². The molecule has 13 heteroatoms. The molecule has 0 spiro atoms. The quantitative estimate of drug-likeness (QED) is 0.474. The SMILES string of the molecule is CC(C(=O)NCC(F)(F)C(F)(F)F)C(=O)N[C@H]1CN(C(=O)C(C)(C)C)c2ccccc2N(C)C1=O. The van der Waals surface area contributed by atoms with Gasteiger partial charge in [-0.3, -0.25) is 19.2 Å². The number of hydrogen-bond donors (Lipinski definition) is 2. The Labute approximate surface area is 198 Å². The van der Waals surface area contributed by atoms with Crippen molar-refractivity contribution in [3.8, 4) is 0 Å². The zero-order valence-corrected chi connectivity index (χ0v) is 19.8. The first-order valence-electron chi connectivity index (χ1n) is 10.6. The van der Waals surface area contributed by atoms with E-state index >= 15 is 0 Å². The van der Waals surface area contributed by atoms with Gasteiger partial charge in [0.05, 0.1) is 24.5 Å². The van der Waals surface area contributed by atoms with E-state index in [-0.39, 0.29) is 12.5 Å². The zero-order chi connectivity index (χ0) is 26.9. The third-order valence-corrected chi connectivity index (χ3v) is 5.42. The number of carbonyl (C=O) groups excluding carboxylic acids is 4. The van der Waals surface area contributed by atoms with Crippen molar-refractivity contribution in [1.29, 1.82) is 0 Å². The summed E-state index contributed by atoms with van der Waals surface area (Å²) in [6.45, 7) is 3.68. The van der Waals surface area contributed by atoms with Crippen LogP contribution < -0.4 is 20.4 Å². The molecule has 1 heterocycles. The molecule has 0 radical (unpaired) electrons. The molecule has 35 heavy (non-hydrogen) atoms. The predicted molar refractivity (Wildman–Crippen MR) is 117 cm³/mol. The standard InChI is InChI=1S/C22H27F5N4O4/c1-12(16(32)28-11-21(23,24)22(25,26)27)17(33)29-13-10-31(19(35)20(2,3)4)15-9-7-6-8-14(15)30(5)18(13)34/h6-9,12-13H,10-11H2,1-5H3,(H,28,32)(H,29,33)/t12?,13-/m0/s1. The van der Waals surface area contributed by atoms with Crippen molar-refractivity contribution in [2.45, 2.75) is 45.8 Å². The minimum Gasteiger partial charge on any atom is -0.349 e. The molecule has 1 unspecified atom stereocenters. The highest BCUT2D eigenvalue weighted by Crippen LogP contribution is 2.35. The van der Waals surface area contributed by atoms with Crippen LogP contribution in [-0.2, 0) is 19.2 Å². The number of amides is 4. The fraction of sp³-hybridized carbons (Fsp3) is 0.545. The van der Waals surface area contributed by atoms with E-state index in [9.17, 15) is 41.1 Å². The van der Waals surface area contributed by atoms with Gasteiger partial charge in [0.2, 0.25) is 17.7 Å². The van der Waals surface area contributed by atoms with E-state index in [0.29, 0.717) is 11.4 Å². The van der Waals surface area contributed by atoms with Gasteiger partial charge in [0, 0.05) is 12.5 Å². The van der Waals surface area contributed by atoms with Gasteiger partial charge < -0.3 is 20.4 Å². The Balaban J connectivity index is 2.24. The number of rotatable bonds is 5. The van der Waals surface area contributed by atoms with Gasteiger partial charge in [0.1, 0.15) is 12.0 Å². The maximum Gasteiger partial charge on any atom is 0.455 e. The summed E-state index contributed by atoms with van der Waals surface area (Å²) in [5, 5.41) is 3.73. The Bertz CT molecular complexity index is 1010. The molecule has 1 aromatic carbocycles. The van der Waals surface area contributed by atoms with Gasteiger partial charge in [-0.1, -0.05) is 32.9 Å². The fourth-order valence-electron chi connectivity index (χ4n) is 3.26. The zero-order valence-electron chi connectivity index (χ0n) is 19.8. The summed E-state index contributed by atoms with van der Waals surface area (Å²) < 4.78 is 63.1. The molecular formula is C22H27F5N4O4. The first-order valence-corrected chi connectivity index (χ1v) is 10.6. The number of nitrogens with zero attached hydrogens (tertiary/aromatic N) is 2. The number of anilines is 2. The second-order valence-electron chi connectivity index (χ2n) is 9.25. The van der Waals surface area contributed by atoms with Gasteiger partial charge in [-0.25, -0.2) is 0 Å². The lowest BCUT2D eigenvalue weighted by molar-refractivity contribution is -0.278. The molecule has 0 bridgehead atoms. The summed E-state index contributed by atoms with van der Waals surface area (Å²) in [5.74, 6) is -10.3. The van der Waals surface area contributed by atoms with Crippen LogP contribution in [0.5, 0.6) is 0 Å². The second kappa shape index (κ2) is 9.78. The molecule has 2 rings (SSSR count). The molecule has 0 fully saturated rings. The van der Waals surface area contributed by atoms with Crippen LogP contribution in [0.3, 0.4) is 0 Å². The average molecular weight is 506 g/mol. The van der Waals surface area contributed by atoms with E-state index in [2.05, 4.69) is 5.32 Å². The number of fused-ring (bicyclic) bond motifs is 1. The van der Waals surface area contributed by atoms with Crippen molar-refractivity contribution < 1.29 is 41.1 Å². The van der Waals surface area contributed by atoms with Crippen LogP contribution in [0.15, 0.2) is 24.3 Å². The van der Waals surface area contributed by atoms with Crippen LogP contribution in [0.25, 0.3) is 0 Å². The minimum atomic E-state index is -5.87. The van der Waals surface area contributed by atoms with E-state index in [0.717, 1.165) is 6.92 Å². The number of likely N-dealkylation sites (N-methyl/N-ethyl adjacent to an activating group) is 1. The highest BCUT2D eigenvalue weighted by Gasteiger charge is 2.57. The van der Waals surface area contributed by atoms with Crippen molar-refractivity contribution in [1.82, 2.24) is 10.6 Å². The summed E-state index contributed by atoms with van der Waals surface area (Å²) in [6.07, 6.45) is -5.87. The van der Waals surface area contributed by atoms with Crippen LogP contribution in [0.2, 0.25) is 0 Å². The number of alkyl halides is 5. The van der Waals surface area contributed by atoms with Crippen molar-refractivity contribution in [3.63, 3.8) is 0 Å². The molecule has 2 atom stereocenters. The summed E-state index contributed by atoms with van der Waals surface area (Å²) in [7, 11) is 1.43. The van der Waals surface area contributed by atoms with E-state index in [4.69, 9.17) is 0 Å². The highest BCUT2D eigenvalue weighted by atomic mass is 19.4. The monoisotopic (exact) mass is 506 g/mol. The summed E-state index contributed by atoms with van der Waals surface area (Å²) in [4.78, 5) is 53.5. The molecule has 2 N–H and O–H groups in total. The molecular weight excluding hydrogens is 479 g/mol. The number of nitrogens with one attached hydrogen (secondary N) is 2. The molecule has 0 aliphatic carbocycles. The van der Waals surface area contributed by atoms with Crippen LogP contribution in [-0.4, -0.2) is 61.9 Å². The molecule has 1 aliphatic heterocycles. The smallest absolute Gasteiger partial charge is 0.349 e. The Kier molecular flexibility index (Phi) is 7.82. The lowest BCUT2D eigenvalue weighted by Crippen LogP contribution is -2.56. The lowest BCUT2D eigenvalue weighted by Gasteiger charge is -2.31. The molecule has 1 aliphatic rings. The lowest BCUT2D eigenvalue weighted by atomic mass is 9.94.